The molecule has 0 bridgehead atoms. The normalized spacial score (nSPS) is 16.6. The van der Waals surface area contributed by atoms with Gasteiger partial charge in [0.05, 0.1) is 0 Å². The number of hydrogen-bond acceptors (Lipinski definition) is 2. The second kappa shape index (κ2) is 4.46. The summed E-state index contributed by atoms with van der Waals surface area (Å²) in [6.07, 6.45) is 5.79. The van der Waals surface area contributed by atoms with Crippen molar-refractivity contribution in [1.82, 2.24) is 0 Å². The van der Waals surface area contributed by atoms with E-state index in [-0.39, 0.29) is 0 Å². The van der Waals surface area contributed by atoms with E-state index in [2.05, 4.69) is 0 Å². The van der Waals surface area contributed by atoms with Crippen LogP contribution in [0.3, 0.4) is 0 Å². The third-order valence-corrected chi connectivity index (χ3v) is 4.56. The summed E-state index contributed by atoms with van der Waals surface area (Å²) in [4.78, 5) is 22.8. The van der Waals surface area contributed by atoms with Crippen LogP contribution < -0.4 is 0 Å². The molecule has 0 saturated carbocycles. The van der Waals surface area contributed by atoms with Crippen molar-refractivity contribution >= 4 is 9.76 Å². The van der Waals surface area contributed by atoms with Gasteiger partial charge in [0, 0.05) is 0 Å². The Labute approximate surface area is 77.2 Å². The first-order chi connectivity index (χ1) is 5.83. The summed E-state index contributed by atoms with van der Waals surface area (Å²) in [5, 5.41) is 0. The average molecular weight is 254 g/mol. The molecule has 0 atom stereocenters. The Hall–Kier alpha value is -0.557. The van der Waals surface area contributed by atoms with Crippen LogP contribution in [-0.4, -0.2) is 9.76 Å². The van der Waals surface area contributed by atoms with Crippen molar-refractivity contribution in [2.24, 2.45) is 0 Å². The first kappa shape index (κ1) is 9.53. The van der Waals surface area contributed by atoms with E-state index in [0.717, 1.165) is 26.8 Å². The summed E-state index contributed by atoms with van der Waals surface area (Å²) in [5.74, 6) is 0. The summed E-state index contributed by atoms with van der Waals surface area (Å²) in [7, 11) is 0. The number of rotatable bonds is 4. The summed E-state index contributed by atoms with van der Waals surface area (Å²) in [6.45, 7) is 2.05. The first-order valence-corrected chi connectivity index (χ1v) is 6.43. The summed E-state index contributed by atoms with van der Waals surface area (Å²) < 4.78 is 1.10. The standard InChI is InChI=1S/C7H9.2CHO.Rh/c1-2-7-5-3-4-6-7;2*1-2;/h3,5H,2,4H2,1H3;2*1H;. The van der Waals surface area contributed by atoms with E-state index in [1.54, 1.807) is 0 Å². The van der Waals surface area contributed by atoms with Gasteiger partial charge in [0.15, 0.2) is 0 Å². The zero-order valence-electron chi connectivity index (χ0n) is 6.87. The van der Waals surface area contributed by atoms with Crippen molar-refractivity contribution in [1.29, 1.82) is 0 Å². The van der Waals surface area contributed by atoms with Crippen molar-refractivity contribution in [3.8, 4) is 0 Å². The topological polar surface area (TPSA) is 34.1 Å². The molecule has 3 heteroatoms. The fourth-order valence-corrected chi connectivity index (χ4v) is 3.30. The molecule has 0 amide bonds. The van der Waals surface area contributed by atoms with Crippen molar-refractivity contribution in [3.63, 3.8) is 0 Å². The molecule has 1 rings (SSSR count). The van der Waals surface area contributed by atoms with Gasteiger partial charge in [-0.1, -0.05) is 0 Å². The first-order valence-electron chi connectivity index (χ1n) is 3.72. The molecule has 1 aliphatic carbocycles. The fraction of sp³-hybridized carbons (Fsp3) is 0.333. The third kappa shape index (κ3) is 1.78. The molecule has 0 aromatic carbocycles. The molecule has 68 valence electrons. The second-order valence-corrected chi connectivity index (χ2v) is 5.58. The van der Waals surface area contributed by atoms with Crippen LogP contribution in [0.5, 0.6) is 0 Å². The number of allylic oxidation sites excluding steroid dienone is 4. The van der Waals surface area contributed by atoms with Gasteiger partial charge in [-0.05, 0) is 0 Å². The Kier molecular flexibility index (Phi) is 3.55. The van der Waals surface area contributed by atoms with Gasteiger partial charge in [-0.3, -0.25) is 0 Å². The third-order valence-electron chi connectivity index (χ3n) is 1.72. The zero-order valence-corrected chi connectivity index (χ0v) is 8.51. The van der Waals surface area contributed by atoms with E-state index in [1.165, 1.54) is 5.57 Å². The predicted octanol–water partition coefficient (Wildman–Crippen LogP) is 1.61. The number of carbonyl (C=O) groups is 2. The Balaban J connectivity index is 2.86. The van der Waals surface area contributed by atoms with E-state index in [9.17, 15) is 9.59 Å². The molecule has 0 aliphatic heterocycles. The number of hydrogen-bond donors (Lipinski definition) is 0. The van der Waals surface area contributed by atoms with Gasteiger partial charge in [0.1, 0.15) is 0 Å². The zero-order chi connectivity index (χ0) is 8.97. The molecular formula is C9H11O2Rh. The predicted molar refractivity (Wildman–Crippen MR) is 44.6 cm³/mol. The van der Waals surface area contributed by atoms with Gasteiger partial charge < -0.3 is 0 Å². The second-order valence-electron chi connectivity index (χ2n) is 2.32. The molecule has 0 spiro atoms. The molecule has 0 fully saturated rings. The molecule has 0 saturated heterocycles. The van der Waals surface area contributed by atoms with E-state index in [4.69, 9.17) is 0 Å². The van der Waals surface area contributed by atoms with Gasteiger partial charge >= 0.3 is 77.0 Å². The molecule has 0 aromatic heterocycles. The quantitative estimate of drug-likeness (QED) is 0.564. The fourth-order valence-electron chi connectivity index (χ4n) is 1.13. The van der Waals surface area contributed by atoms with Crippen LogP contribution in [0.25, 0.3) is 0 Å². The average Bonchev–Trinajstić information content (AvgIpc) is 2.55. The van der Waals surface area contributed by atoms with Crippen LogP contribution in [0.2, 0.25) is 0 Å². The Morgan fingerprint density at radius 3 is 2.67 bits per heavy atom. The number of carbonyl (C=O) groups excluding carboxylic acids is 2. The molecule has 0 radical (unpaired) electrons. The molecule has 1 aliphatic rings. The van der Waals surface area contributed by atoms with Crippen molar-refractivity contribution in [2.75, 3.05) is 0 Å². The van der Waals surface area contributed by atoms with Crippen LogP contribution in [0.4, 0.5) is 0 Å². The Bertz CT molecular complexity index is 245. The maximum atomic E-state index is 10.5. The summed E-state index contributed by atoms with van der Waals surface area (Å²) >= 11 is -1.78. The monoisotopic (exact) mass is 254 g/mol. The van der Waals surface area contributed by atoms with Crippen LogP contribution in [0.15, 0.2) is 21.9 Å². The van der Waals surface area contributed by atoms with Crippen LogP contribution in [0, 0.1) is 0 Å². The van der Waals surface area contributed by atoms with Gasteiger partial charge in [-0.2, -0.15) is 0 Å². The molecule has 0 unspecified atom stereocenters. The van der Waals surface area contributed by atoms with Crippen molar-refractivity contribution in [2.45, 2.75) is 19.8 Å². The van der Waals surface area contributed by atoms with Crippen molar-refractivity contribution in [3.05, 3.63) is 21.9 Å². The maximum absolute atomic E-state index is 10.5. The van der Waals surface area contributed by atoms with Gasteiger partial charge in [-0.25, -0.2) is 0 Å². The summed E-state index contributed by atoms with van der Waals surface area (Å²) in [6, 6.07) is 0. The molecular weight excluding hydrogens is 243 g/mol. The molecule has 2 nitrogen and oxygen atoms in total. The van der Waals surface area contributed by atoms with Crippen LogP contribution in [0.1, 0.15) is 19.8 Å². The van der Waals surface area contributed by atoms with Gasteiger partial charge in [0.25, 0.3) is 0 Å². The molecule has 0 N–H and O–H groups in total. The minimum atomic E-state index is -1.78. The van der Waals surface area contributed by atoms with Crippen LogP contribution >= 0.6 is 0 Å². The van der Waals surface area contributed by atoms with Crippen LogP contribution in [-0.2, 0) is 25.5 Å². The Morgan fingerprint density at radius 1 is 1.50 bits per heavy atom. The van der Waals surface area contributed by atoms with E-state index >= 15 is 0 Å². The molecule has 0 aromatic rings. The van der Waals surface area contributed by atoms with E-state index in [0.29, 0.717) is 0 Å². The molecule has 12 heavy (non-hydrogen) atoms. The SMILES string of the molecule is CCC1=[C]([Rh]([CH]=O)[CH]=O)CC=C1. The van der Waals surface area contributed by atoms with Gasteiger partial charge in [0.2, 0.25) is 0 Å². The van der Waals surface area contributed by atoms with E-state index < -0.39 is 16.0 Å². The van der Waals surface area contributed by atoms with Crippen molar-refractivity contribution < 1.29 is 25.5 Å². The van der Waals surface area contributed by atoms with E-state index in [1.807, 2.05) is 19.1 Å². The summed E-state index contributed by atoms with van der Waals surface area (Å²) in [5.41, 5.74) is 1.20. The Morgan fingerprint density at radius 2 is 2.17 bits per heavy atom. The molecule has 0 heterocycles. The minimum absolute atomic E-state index is 0.813. The van der Waals surface area contributed by atoms with Gasteiger partial charge in [-0.15, -0.1) is 0 Å².